The van der Waals surface area contributed by atoms with Crippen LogP contribution in [-0.4, -0.2) is 24.6 Å². The number of fused-ring (bicyclic) bond motifs is 1. The number of ether oxygens (including phenoxy) is 3. The standard InChI is InChI=1S/C17H15ClO4/c1-5-7-20-15-12(18)9-11-13(19)10-17(3,4)22-14(11)16(15)21-8-6-2/h1-2,9H,7-8,10H2,3-4H3. The quantitative estimate of drug-likeness (QED) is 0.800. The van der Waals surface area contributed by atoms with Crippen LogP contribution >= 0.6 is 11.6 Å². The molecule has 1 aliphatic rings. The van der Waals surface area contributed by atoms with E-state index in [1.165, 1.54) is 6.07 Å². The second kappa shape index (κ2) is 6.22. The summed E-state index contributed by atoms with van der Waals surface area (Å²) in [6, 6.07) is 1.50. The predicted octanol–water partition coefficient (Wildman–Crippen LogP) is 3.11. The normalized spacial score (nSPS) is 15.0. The number of hydrogen-bond acceptors (Lipinski definition) is 4. The smallest absolute Gasteiger partial charge is 0.207 e. The lowest BCUT2D eigenvalue weighted by atomic mass is 9.92. The zero-order valence-corrected chi connectivity index (χ0v) is 13.1. The van der Waals surface area contributed by atoms with Crippen molar-refractivity contribution in [2.75, 3.05) is 13.2 Å². The molecule has 0 aliphatic carbocycles. The molecule has 0 atom stereocenters. The Bertz CT molecular complexity index is 692. The van der Waals surface area contributed by atoms with E-state index in [0.29, 0.717) is 5.56 Å². The van der Waals surface area contributed by atoms with Gasteiger partial charge in [0.1, 0.15) is 18.8 Å². The first kappa shape index (κ1) is 16.1. The first-order valence-corrected chi connectivity index (χ1v) is 6.98. The lowest BCUT2D eigenvalue weighted by Gasteiger charge is -2.33. The van der Waals surface area contributed by atoms with Gasteiger partial charge in [-0.25, -0.2) is 0 Å². The van der Waals surface area contributed by atoms with Gasteiger partial charge in [-0.1, -0.05) is 23.4 Å². The summed E-state index contributed by atoms with van der Waals surface area (Å²) in [7, 11) is 0. The third-order valence-corrected chi connectivity index (χ3v) is 3.29. The molecule has 0 unspecified atom stereocenters. The lowest BCUT2D eigenvalue weighted by Crippen LogP contribution is -2.36. The molecular formula is C17H15ClO4. The van der Waals surface area contributed by atoms with Gasteiger partial charge in [-0.15, -0.1) is 12.8 Å². The van der Waals surface area contributed by atoms with Gasteiger partial charge in [0.05, 0.1) is 17.0 Å². The summed E-state index contributed by atoms with van der Waals surface area (Å²) in [4.78, 5) is 12.3. The summed E-state index contributed by atoms with van der Waals surface area (Å²) >= 11 is 6.18. The third kappa shape index (κ3) is 3.13. The van der Waals surface area contributed by atoms with Crippen LogP contribution in [-0.2, 0) is 0 Å². The van der Waals surface area contributed by atoms with Gasteiger partial charge < -0.3 is 14.2 Å². The minimum atomic E-state index is -0.657. The van der Waals surface area contributed by atoms with Crippen LogP contribution in [0, 0.1) is 24.7 Å². The second-order valence-electron chi connectivity index (χ2n) is 5.34. The van der Waals surface area contributed by atoms with Crippen molar-refractivity contribution in [3.8, 4) is 41.9 Å². The highest BCUT2D eigenvalue weighted by Crippen LogP contribution is 2.49. The van der Waals surface area contributed by atoms with Crippen LogP contribution < -0.4 is 14.2 Å². The fourth-order valence-electron chi connectivity index (χ4n) is 2.19. The van der Waals surface area contributed by atoms with Gasteiger partial charge in [0, 0.05) is 0 Å². The van der Waals surface area contributed by atoms with Gasteiger partial charge in [0.25, 0.3) is 0 Å². The van der Waals surface area contributed by atoms with E-state index in [0.717, 1.165) is 0 Å². The van der Waals surface area contributed by atoms with Crippen molar-refractivity contribution < 1.29 is 19.0 Å². The molecule has 0 aromatic heterocycles. The fraction of sp³-hybridized carbons (Fsp3) is 0.353. The topological polar surface area (TPSA) is 44.8 Å². The monoisotopic (exact) mass is 318 g/mol. The minimum Gasteiger partial charge on any atom is -0.483 e. The van der Waals surface area contributed by atoms with Crippen molar-refractivity contribution in [2.45, 2.75) is 25.9 Å². The number of Topliss-reactive ketones (excluding diaryl/α,β-unsaturated/α-hetero) is 1. The zero-order valence-electron chi connectivity index (χ0n) is 12.4. The molecule has 0 bridgehead atoms. The van der Waals surface area contributed by atoms with E-state index in [2.05, 4.69) is 11.8 Å². The number of halogens is 1. The molecule has 0 radical (unpaired) electrons. The maximum Gasteiger partial charge on any atom is 0.207 e. The van der Waals surface area contributed by atoms with Gasteiger partial charge in [-0.3, -0.25) is 4.79 Å². The molecule has 0 amide bonds. The third-order valence-electron chi connectivity index (χ3n) is 3.01. The highest BCUT2D eigenvalue weighted by molar-refractivity contribution is 6.33. The molecule has 4 nitrogen and oxygen atoms in total. The summed E-state index contributed by atoms with van der Waals surface area (Å²) in [6.07, 6.45) is 10.7. The molecule has 1 heterocycles. The summed E-state index contributed by atoms with van der Waals surface area (Å²) in [5.41, 5.74) is -0.306. The second-order valence-corrected chi connectivity index (χ2v) is 5.75. The zero-order chi connectivity index (χ0) is 16.3. The summed E-state index contributed by atoms with van der Waals surface area (Å²) < 4.78 is 16.8. The van der Waals surface area contributed by atoms with Crippen LogP contribution in [0.3, 0.4) is 0 Å². The van der Waals surface area contributed by atoms with Crippen LogP contribution in [0.25, 0.3) is 0 Å². The van der Waals surface area contributed by atoms with Crippen LogP contribution in [0.2, 0.25) is 5.02 Å². The maximum atomic E-state index is 12.3. The van der Waals surface area contributed by atoms with E-state index >= 15 is 0 Å². The van der Waals surface area contributed by atoms with E-state index in [-0.39, 0.29) is 47.7 Å². The summed E-state index contributed by atoms with van der Waals surface area (Å²) in [5.74, 6) is 5.33. The molecule has 1 aromatic carbocycles. The molecule has 2 rings (SSSR count). The summed E-state index contributed by atoms with van der Waals surface area (Å²) in [6.45, 7) is 3.62. The molecule has 5 heteroatoms. The van der Waals surface area contributed by atoms with Gasteiger partial charge in [0.2, 0.25) is 5.75 Å². The first-order valence-electron chi connectivity index (χ1n) is 6.61. The number of rotatable bonds is 4. The van der Waals surface area contributed by atoms with Crippen molar-refractivity contribution in [3.63, 3.8) is 0 Å². The van der Waals surface area contributed by atoms with Crippen molar-refractivity contribution in [1.29, 1.82) is 0 Å². The molecule has 0 N–H and O–H groups in total. The SMILES string of the molecule is C#CCOc1c(Cl)cc2c(c1OCC#C)OC(C)(C)CC2=O. The Morgan fingerprint density at radius 2 is 1.86 bits per heavy atom. The average molecular weight is 319 g/mol. The molecule has 114 valence electrons. The molecule has 0 saturated carbocycles. The Kier molecular flexibility index (Phi) is 4.54. The maximum absolute atomic E-state index is 12.3. The average Bonchev–Trinajstić information content (AvgIpc) is 2.43. The van der Waals surface area contributed by atoms with Crippen molar-refractivity contribution in [3.05, 3.63) is 16.7 Å². The predicted molar refractivity (Wildman–Crippen MR) is 83.8 cm³/mol. The van der Waals surface area contributed by atoms with E-state index in [9.17, 15) is 4.79 Å². The lowest BCUT2D eigenvalue weighted by molar-refractivity contribution is 0.0595. The van der Waals surface area contributed by atoms with Crippen LogP contribution in [0.5, 0.6) is 17.2 Å². The van der Waals surface area contributed by atoms with Crippen LogP contribution in [0.1, 0.15) is 30.6 Å². The van der Waals surface area contributed by atoms with E-state index in [1.807, 2.05) is 13.8 Å². The molecule has 0 fully saturated rings. The Balaban J connectivity index is 2.60. The van der Waals surface area contributed by atoms with Gasteiger partial charge >= 0.3 is 0 Å². The molecule has 22 heavy (non-hydrogen) atoms. The Hall–Kier alpha value is -2.30. The number of benzene rings is 1. The van der Waals surface area contributed by atoms with E-state index < -0.39 is 5.60 Å². The van der Waals surface area contributed by atoms with Crippen molar-refractivity contribution >= 4 is 17.4 Å². The number of ketones is 1. The van der Waals surface area contributed by atoms with Gasteiger partial charge in [0.15, 0.2) is 17.3 Å². The minimum absolute atomic E-state index is 0.00224. The van der Waals surface area contributed by atoms with Crippen molar-refractivity contribution in [1.82, 2.24) is 0 Å². The Labute approximate surface area is 134 Å². The molecular weight excluding hydrogens is 304 g/mol. The summed E-state index contributed by atoms with van der Waals surface area (Å²) in [5, 5.41) is 0.220. The van der Waals surface area contributed by atoms with Crippen LogP contribution in [0.4, 0.5) is 0 Å². The fourth-order valence-corrected chi connectivity index (χ4v) is 2.44. The largest absolute Gasteiger partial charge is 0.483 e. The van der Waals surface area contributed by atoms with Gasteiger partial charge in [-0.2, -0.15) is 0 Å². The van der Waals surface area contributed by atoms with E-state index in [1.54, 1.807) is 0 Å². The number of carbonyl (C=O) groups excluding carboxylic acids is 1. The van der Waals surface area contributed by atoms with E-state index in [4.69, 9.17) is 38.7 Å². The highest BCUT2D eigenvalue weighted by Gasteiger charge is 2.37. The molecule has 0 spiro atoms. The van der Waals surface area contributed by atoms with Gasteiger partial charge in [-0.05, 0) is 19.9 Å². The highest BCUT2D eigenvalue weighted by atomic mass is 35.5. The number of terminal acetylenes is 2. The Morgan fingerprint density at radius 1 is 1.27 bits per heavy atom. The Morgan fingerprint density at radius 3 is 2.45 bits per heavy atom. The molecule has 1 aromatic rings. The first-order chi connectivity index (χ1) is 10.4. The number of hydrogen-bond donors (Lipinski definition) is 0. The van der Waals surface area contributed by atoms with Crippen LogP contribution in [0.15, 0.2) is 6.07 Å². The number of carbonyl (C=O) groups is 1. The van der Waals surface area contributed by atoms with Crippen molar-refractivity contribution in [2.24, 2.45) is 0 Å². The molecule has 1 aliphatic heterocycles. The molecule has 0 saturated heterocycles.